The molecule has 0 heterocycles. The summed E-state index contributed by atoms with van der Waals surface area (Å²) in [5, 5.41) is 18.2. The van der Waals surface area contributed by atoms with Crippen molar-refractivity contribution < 1.29 is 33.4 Å². The van der Waals surface area contributed by atoms with E-state index in [1.54, 1.807) is 41.5 Å². The van der Waals surface area contributed by atoms with Gasteiger partial charge in [-0.3, -0.25) is 14.4 Å². The smallest absolute Gasteiger partial charge is 0.408 e. The minimum absolute atomic E-state index is 0.0314. The van der Waals surface area contributed by atoms with Crippen LogP contribution < -0.4 is 43.4 Å². The van der Waals surface area contributed by atoms with E-state index in [0.29, 0.717) is 25.9 Å². The van der Waals surface area contributed by atoms with Crippen LogP contribution in [-0.4, -0.2) is 99.0 Å². The fraction of sp³-hybridized carbons (Fsp3) is 0.833. The Bertz CT molecular complexity index is 891. The first kappa shape index (κ1) is 41.8. The van der Waals surface area contributed by atoms with Gasteiger partial charge >= 0.3 is 12.2 Å². The molecule has 0 aromatic rings. The molecule has 0 aliphatic rings. The molecule has 15 heteroatoms. The number of unbranched alkanes of at least 4 members (excludes halogenated alkanes) is 1. The zero-order valence-corrected chi connectivity index (χ0v) is 28.3. The highest BCUT2D eigenvalue weighted by molar-refractivity contribution is 5.86. The van der Waals surface area contributed by atoms with Crippen LogP contribution in [0.2, 0.25) is 0 Å². The number of primary amides is 2. The van der Waals surface area contributed by atoms with Gasteiger partial charge in [0.05, 0.1) is 0 Å². The van der Waals surface area contributed by atoms with Crippen LogP contribution >= 0.6 is 0 Å². The Balaban J connectivity index is 3.97. The number of carbonyl (C=O) groups excluding carboxylic acids is 5. The van der Waals surface area contributed by atoms with Gasteiger partial charge < -0.3 is 52.8 Å². The maximum absolute atomic E-state index is 12.5. The summed E-state index contributed by atoms with van der Waals surface area (Å²) in [4.78, 5) is 59.0. The predicted molar refractivity (Wildman–Crippen MR) is 173 cm³/mol. The van der Waals surface area contributed by atoms with Crippen molar-refractivity contribution in [1.29, 1.82) is 0 Å². The fourth-order valence-corrected chi connectivity index (χ4v) is 3.93. The van der Waals surface area contributed by atoms with Crippen molar-refractivity contribution in [3.8, 4) is 0 Å². The summed E-state index contributed by atoms with van der Waals surface area (Å²) < 4.78 is 10.5. The molecule has 0 fully saturated rings. The van der Waals surface area contributed by atoms with E-state index >= 15 is 0 Å². The topological polar surface area (TPSA) is 228 Å². The molecular weight excluding hydrogens is 584 g/mol. The molecule has 262 valence electrons. The maximum atomic E-state index is 12.5. The lowest BCUT2D eigenvalue weighted by Crippen LogP contribution is -2.48. The molecule has 0 aromatic heterocycles. The van der Waals surface area contributed by atoms with Crippen LogP contribution in [-0.2, 0) is 23.9 Å². The summed E-state index contributed by atoms with van der Waals surface area (Å²) >= 11 is 0. The summed E-state index contributed by atoms with van der Waals surface area (Å²) in [5.74, 6) is -1.35. The van der Waals surface area contributed by atoms with Gasteiger partial charge in [-0.25, -0.2) is 9.59 Å². The second-order valence-electron chi connectivity index (χ2n) is 13.0. The first-order valence-corrected chi connectivity index (χ1v) is 15.9. The molecule has 45 heavy (non-hydrogen) atoms. The summed E-state index contributed by atoms with van der Waals surface area (Å²) in [5.41, 5.74) is 9.15. The Hall–Kier alpha value is -3.17. The van der Waals surface area contributed by atoms with Crippen molar-refractivity contribution in [2.45, 2.75) is 116 Å². The lowest BCUT2D eigenvalue weighted by atomic mass is 10.1. The minimum Gasteiger partial charge on any atom is -0.444 e. The molecule has 15 nitrogen and oxygen atoms in total. The molecule has 5 amide bonds. The van der Waals surface area contributed by atoms with E-state index in [-0.39, 0.29) is 31.2 Å². The Kier molecular flexibility index (Phi) is 21.6. The number of nitrogens with one attached hydrogen (secondary N) is 6. The van der Waals surface area contributed by atoms with Crippen molar-refractivity contribution in [2.24, 2.45) is 11.5 Å². The number of alkyl carbamates (subject to hydrolysis) is 2. The van der Waals surface area contributed by atoms with Gasteiger partial charge in [0.15, 0.2) is 0 Å². The molecule has 10 N–H and O–H groups in total. The van der Waals surface area contributed by atoms with E-state index in [9.17, 15) is 24.0 Å². The third-order valence-corrected chi connectivity index (χ3v) is 6.03. The normalized spacial score (nSPS) is 12.9. The van der Waals surface area contributed by atoms with Crippen LogP contribution in [0.5, 0.6) is 0 Å². The molecule has 0 rings (SSSR count). The molecule has 0 saturated carbocycles. The summed E-state index contributed by atoms with van der Waals surface area (Å²) in [7, 11) is 0. The van der Waals surface area contributed by atoms with Crippen LogP contribution in [0, 0.1) is 0 Å². The third kappa shape index (κ3) is 28.1. The number of carbonyl (C=O) groups is 5. The van der Waals surface area contributed by atoms with Crippen molar-refractivity contribution >= 4 is 29.9 Å². The standard InChI is InChI=1S/C30H60N8O7/c1-29(2,3)44-27(42)37-22(11-13-24(31)39)21-35-19-9-17-33-15-7-8-16-34-18-10-20-36-26(41)23(12-14-25(32)40)38-28(43)45-30(4,5)6/h22-23,33-35H,7-21H2,1-6H3,(H2,31,39)(H2,32,40)(H,36,41)(H,37,42)(H,38,43)/t22-,23-/m0/s1. The monoisotopic (exact) mass is 644 g/mol. The molecule has 0 aliphatic carbocycles. The molecule has 0 bridgehead atoms. The third-order valence-electron chi connectivity index (χ3n) is 6.03. The molecular formula is C30H60N8O7. The number of rotatable bonds is 24. The summed E-state index contributed by atoms with van der Waals surface area (Å²) in [6.45, 7) is 15.6. The number of ether oxygens (including phenoxy) is 2. The van der Waals surface area contributed by atoms with Crippen molar-refractivity contribution in [1.82, 2.24) is 31.9 Å². The number of hydrogen-bond acceptors (Lipinski definition) is 10. The second-order valence-corrected chi connectivity index (χ2v) is 13.0. The first-order valence-electron chi connectivity index (χ1n) is 15.9. The van der Waals surface area contributed by atoms with Crippen molar-refractivity contribution in [2.75, 3.05) is 45.8 Å². The highest BCUT2D eigenvalue weighted by atomic mass is 16.6. The second kappa shape index (κ2) is 23.2. The lowest BCUT2D eigenvalue weighted by molar-refractivity contribution is -0.124. The molecule has 0 aliphatic heterocycles. The Morgan fingerprint density at radius 1 is 0.600 bits per heavy atom. The maximum Gasteiger partial charge on any atom is 0.408 e. The zero-order valence-electron chi connectivity index (χ0n) is 28.3. The van der Waals surface area contributed by atoms with E-state index < -0.39 is 41.2 Å². The molecule has 0 unspecified atom stereocenters. The average Bonchev–Trinajstić information content (AvgIpc) is 2.89. The van der Waals surface area contributed by atoms with Gasteiger partial charge in [-0.1, -0.05) is 0 Å². The van der Waals surface area contributed by atoms with Crippen LogP contribution in [0.15, 0.2) is 0 Å². The van der Waals surface area contributed by atoms with Gasteiger partial charge in [0, 0.05) is 32.0 Å². The van der Waals surface area contributed by atoms with Crippen LogP contribution in [0.4, 0.5) is 9.59 Å². The number of nitrogens with two attached hydrogens (primary N) is 2. The van der Waals surface area contributed by atoms with Gasteiger partial charge in [-0.2, -0.15) is 0 Å². The Morgan fingerprint density at radius 3 is 1.56 bits per heavy atom. The molecule has 0 spiro atoms. The lowest BCUT2D eigenvalue weighted by Gasteiger charge is -2.23. The van der Waals surface area contributed by atoms with E-state index in [1.165, 1.54) is 0 Å². The number of amides is 5. The largest absolute Gasteiger partial charge is 0.444 e. The molecule has 0 aromatic carbocycles. The van der Waals surface area contributed by atoms with Gasteiger partial charge in [-0.15, -0.1) is 0 Å². The van der Waals surface area contributed by atoms with E-state index in [4.69, 9.17) is 20.9 Å². The van der Waals surface area contributed by atoms with Gasteiger partial charge in [-0.05, 0) is 113 Å². The van der Waals surface area contributed by atoms with E-state index in [0.717, 1.165) is 52.0 Å². The van der Waals surface area contributed by atoms with Crippen LogP contribution in [0.25, 0.3) is 0 Å². The number of hydrogen-bond donors (Lipinski definition) is 8. The first-order chi connectivity index (χ1) is 21.0. The average molecular weight is 645 g/mol. The van der Waals surface area contributed by atoms with Crippen LogP contribution in [0.1, 0.15) is 92.9 Å². The highest BCUT2D eigenvalue weighted by Crippen LogP contribution is 2.09. The van der Waals surface area contributed by atoms with Crippen molar-refractivity contribution in [3.63, 3.8) is 0 Å². The molecule has 0 radical (unpaired) electrons. The molecule has 0 saturated heterocycles. The zero-order chi connectivity index (χ0) is 34.3. The van der Waals surface area contributed by atoms with Gasteiger partial charge in [0.2, 0.25) is 17.7 Å². The van der Waals surface area contributed by atoms with Crippen LogP contribution in [0.3, 0.4) is 0 Å². The Morgan fingerprint density at radius 2 is 1.04 bits per heavy atom. The quantitative estimate of drug-likeness (QED) is 0.0688. The SMILES string of the molecule is CC(C)(C)OC(=O)N[C@@H](CCC(N)=O)CNCCCNCCCCNCCCNC(=O)[C@H](CCC(N)=O)NC(=O)OC(C)(C)C. The van der Waals surface area contributed by atoms with Gasteiger partial charge in [0.1, 0.15) is 17.2 Å². The summed E-state index contributed by atoms with van der Waals surface area (Å²) in [6.07, 6.45) is 3.09. The minimum atomic E-state index is -0.907. The Labute approximate surface area is 268 Å². The predicted octanol–water partition coefficient (Wildman–Crippen LogP) is 0.749. The van der Waals surface area contributed by atoms with Crippen molar-refractivity contribution in [3.05, 3.63) is 0 Å². The van der Waals surface area contributed by atoms with E-state index in [1.807, 2.05) is 0 Å². The molecule has 2 atom stereocenters. The van der Waals surface area contributed by atoms with Gasteiger partial charge in [0.25, 0.3) is 0 Å². The summed E-state index contributed by atoms with van der Waals surface area (Å²) in [6, 6.07) is -1.16. The fourth-order valence-electron chi connectivity index (χ4n) is 3.93. The highest BCUT2D eigenvalue weighted by Gasteiger charge is 2.24. The van der Waals surface area contributed by atoms with E-state index in [2.05, 4.69) is 31.9 Å².